The number of benzene rings is 2. The van der Waals surface area contributed by atoms with Crippen LogP contribution >= 0.6 is 0 Å². The number of aryl methyl sites for hydroxylation is 2. The summed E-state index contributed by atoms with van der Waals surface area (Å²) >= 11 is 0. The summed E-state index contributed by atoms with van der Waals surface area (Å²) in [6, 6.07) is 13.4. The van der Waals surface area contributed by atoms with Crippen LogP contribution < -0.4 is 15.8 Å². The fraction of sp³-hybridized carbons (Fsp3) is 0.350. The van der Waals surface area contributed by atoms with Crippen LogP contribution in [0.25, 0.3) is 0 Å². The second-order valence-corrected chi connectivity index (χ2v) is 6.50. The quantitative estimate of drug-likeness (QED) is 0.873. The third-order valence-corrected chi connectivity index (χ3v) is 4.22. The van der Waals surface area contributed by atoms with E-state index < -0.39 is 6.10 Å². The van der Waals surface area contributed by atoms with Crippen LogP contribution in [0.4, 0.5) is 5.69 Å². The Morgan fingerprint density at radius 2 is 1.80 bits per heavy atom. The molecule has 1 saturated heterocycles. The van der Waals surface area contributed by atoms with Gasteiger partial charge in [0, 0.05) is 12.2 Å². The number of hydrogen-bond acceptors (Lipinski definition) is 4. The molecule has 1 aliphatic heterocycles. The van der Waals surface area contributed by atoms with E-state index in [1.54, 1.807) is 0 Å². The lowest BCUT2D eigenvalue weighted by Crippen LogP contribution is -2.29. The Labute approximate surface area is 148 Å². The van der Waals surface area contributed by atoms with Gasteiger partial charge in [-0.15, -0.1) is 0 Å². The van der Waals surface area contributed by atoms with Gasteiger partial charge >= 0.3 is 0 Å². The predicted molar refractivity (Wildman–Crippen MR) is 98.0 cm³/mol. The minimum Gasteiger partial charge on any atom is -0.457 e. The zero-order valence-corrected chi connectivity index (χ0v) is 14.6. The highest BCUT2D eigenvalue weighted by molar-refractivity contribution is 5.94. The van der Waals surface area contributed by atoms with E-state index in [-0.39, 0.29) is 12.0 Å². The first-order chi connectivity index (χ1) is 12.0. The molecular weight excluding hydrogens is 316 g/mol. The molecule has 1 fully saturated rings. The molecule has 5 nitrogen and oxygen atoms in total. The molecule has 0 bridgehead atoms. The molecule has 2 aromatic rings. The summed E-state index contributed by atoms with van der Waals surface area (Å²) in [5.74, 6) is 1.41. The van der Waals surface area contributed by atoms with Crippen molar-refractivity contribution in [3.63, 3.8) is 0 Å². The first-order valence-corrected chi connectivity index (χ1v) is 8.56. The molecule has 132 valence electrons. The van der Waals surface area contributed by atoms with E-state index in [9.17, 15) is 4.79 Å². The van der Waals surface area contributed by atoms with Gasteiger partial charge in [-0.2, -0.15) is 0 Å². The standard InChI is InChI=1S/C20H24N2O3/c1-13-9-14(2)11-18(10-13)24-16-5-3-15(4-6-16)22-20(23)19-8-7-17(12-21)25-19/h3-6,9-11,17,19H,7-8,12,21H2,1-2H3,(H,22,23)/t17-,19+/m1/s1. The van der Waals surface area contributed by atoms with Gasteiger partial charge in [0.2, 0.25) is 0 Å². The van der Waals surface area contributed by atoms with Crippen molar-refractivity contribution in [2.24, 2.45) is 5.73 Å². The summed E-state index contributed by atoms with van der Waals surface area (Å²) in [5, 5.41) is 2.88. The topological polar surface area (TPSA) is 73.6 Å². The Hall–Kier alpha value is -2.37. The van der Waals surface area contributed by atoms with Gasteiger partial charge in [0.15, 0.2) is 0 Å². The first kappa shape index (κ1) is 17.5. The van der Waals surface area contributed by atoms with Crippen LogP contribution in [0.3, 0.4) is 0 Å². The molecule has 1 heterocycles. The molecule has 0 aliphatic carbocycles. The Bertz CT molecular complexity index is 723. The lowest BCUT2D eigenvalue weighted by atomic mass is 10.1. The predicted octanol–water partition coefficient (Wildman–Crippen LogP) is 3.54. The van der Waals surface area contributed by atoms with Gasteiger partial charge in [-0.25, -0.2) is 0 Å². The van der Waals surface area contributed by atoms with Crippen molar-refractivity contribution in [1.29, 1.82) is 0 Å². The molecular formula is C20H24N2O3. The van der Waals surface area contributed by atoms with Gasteiger partial charge in [-0.3, -0.25) is 4.79 Å². The monoisotopic (exact) mass is 340 g/mol. The van der Waals surface area contributed by atoms with Crippen molar-refractivity contribution < 1.29 is 14.3 Å². The van der Waals surface area contributed by atoms with E-state index >= 15 is 0 Å². The van der Waals surface area contributed by atoms with Crippen molar-refractivity contribution in [2.45, 2.75) is 38.9 Å². The smallest absolute Gasteiger partial charge is 0.253 e. The van der Waals surface area contributed by atoms with E-state index in [0.29, 0.717) is 13.0 Å². The highest BCUT2D eigenvalue weighted by atomic mass is 16.5. The average molecular weight is 340 g/mol. The number of nitrogens with two attached hydrogens (primary N) is 1. The van der Waals surface area contributed by atoms with Gasteiger partial charge in [-0.1, -0.05) is 6.07 Å². The second-order valence-electron chi connectivity index (χ2n) is 6.50. The number of carbonyl (C=O) groups is 1. The minimum atomic E-state index is -0.417. The largest absolute Gasteiger partial charge is 0.457 e. The molecule has 2 atom stereocenters. The fourth-order valence-electron chi connectivity index (χ4n) is 3.03. The van der Waals surface area contributed by atoms with Crippen molar-refractivity contribution in [1.82, 2.24) is 0 Å². The van der Waals surface area contributed by atoms with Crippen LogP contribution in [0.1, 0.15) is 24.0 Å². The van der Waals surface area contributed by atoms with Crippen molar-refractivity contribution >= 4 is 11.6 Å². The van der Waals surface area contributed by atoms with Crippen LogP contribution in [-0.2, 0) is 9.53 Å². The summed E-state index contributed by atoms with van der Waals surface area (Å²) in [7, 11) is 0. The summed E-state index contributed by atoms with van der Waals surface area (Å²) in [6.07, 6.45) is 1.11. The third-order valence-electron chi connectivity index (χ3n) is 4.22. The summed E-state index contributed by atoms with van der Waals surface area (Å²) in [5.41, 5.74) is 8.61. The fourth-order valence-corrected chi connectivity index (χ4v) is 3.03. The van der Waals surface area contributed by atoms with Crippen LogP contribution in [0.2, 0.25) is 0 Å². The van der Waals surface area contributed by atoms with Gasteiger partial charge in [0.05, 0.1) is 6.10 Å². The maximum atomic E-state index is 12.2. The van der Waals surface area contributed by atoms with E-state index in [4.69, 9.17) is 15.2 Å². The molecule has 0 unspecified atom stereocenters. The Morgan fingerprint density at radius 1 is 1.12 bits per heavy atom. The van der Waals surface area contributed by atoms with Crippen molar-refractivity contribution in [3.8, 4) is 11.5 Å². The number of rotatable bonds is 5. The average Bonchev–Trinajstić information content (AvgIpc) is 3.05. The molecule has 3 rings (SSSR count). The Balaban J connectivity index is 1.59. The minimum absolute atomic E-state index is 0.00990. The first-order valence-electron chi connectivity index (χ1n) is 8.56. The number of amides is 1. The van der Waals surface area contributed by atoms with E-state index in [1.807, 2.05) is 50.2 Å². The van der Waals surface area contributed by atoms with Crippen LogP contribution in [-0.4, -0.2) is 24.7 Å². The van der Waals surface area contributed by atoms with Crippen LogP contribution in [0.15, 0.2) is 42.5 Å². The number of carbonyl (C=O) groups excluding carboxylic acids is 1. The zero-order chi connectivity index (χ0) is 17.8. The Morgan fingerprint density at radius 3 is 2.40 bits per heavy atom. The molecule has 0 aromatic heterocycles. The van der Waals surface area contributed by atoms with Gasteiger partial charge in [-0.05, 0) is 74.2 Å². The van der Waals surface area contributed by atoms with Crippen molar-refractivity contribution in [3.05, 3.63) is 53.6 Å². The van der Waals surface area contributed by atoms with E-state index in [2.05, 4.69) is 11.4 Å². The Kier molecular flexibility index (Phi) is 5.36. The van der Waals surface area contributed by atoms with Crippen molar-refractivity contribution in [2.75, 3.05) is 11.9 Å². The molecule has 3 N–H and O–H groups in total. The zero-order valence-electron chi connectivity index (χ0n) is 14.6. The molecule has 1 amide bonds. The number of anilines is 1. The maximum Gasteiger partial charge on any atom is 0.253 e. The second kappa shape index (κ2) is 7.68. The lowest BCUT2D eigenvalue weighted by Gasteiger charge is -2.13. The molecule has 0 saturated carbocycles. The van der Waals surface area contributed by atoms with Gasteiger partial charge < -0.3 is 20.5 Å². The summed E-state index contributed by atoms with van der Waals surface area (Å²) in [6.45, 7) is 4.53. The van der Waals surface area contributed by atoms with E-state index in [1.165, 1.54) is 0 Å². The third kappa shape index (κ3) is 4.59. The summed E-state index contributed by atoms with van der Waals surface area (Å²) in [4.78, 5) is 12.2. The lowest BCUT2D eigenvalue weighted by molar-refractivity contribution is -0.126. The molecule has 5 heteroatoms. The maximum absolute atomic E-state index is 12.2. The molecule has 1 aliphatic rings. The van der Waals surface area contributed by atoms with Gasteiger partial charge in [0.1, 0.15) is 17.6 Å². The number of hydrogen-bond donors (Lipinski definition) is 2. The normalized spacial score (nSPS) is 19.6. The molecule has 0 radical (unpaired) electrons. The number of nitrogens with one attached hydrogen (secondary N) is 1. The van der Waals surface area contributed by atoms with Crippen LogP contribution in [0, 0.1) is 13.8 Å². The van der Waals surface area contributed by atoms with Crippen LogP contribution in [0.5, 0.6) is 11.5 Å². The summed E-state index contributed by atoms with van der Waals surface area (Å²) < 4.78 is 11.5. The highest BCUT2D eigenvalue weighted by Crippen LogP contribution is 2.26. The highest BCUT2D eigenvalue weighted by Gasteiger charge is 2.29. The molecule has 25 heavy (non-hydrogen) atoms. The molecule has 0 spiro atoms. The van der Waals surface area contributed by atoms with Gasteiger partial charge in [0.25, 0.3) is 5.91 Å². The molecule has 2 aromatic carbocycles. The van der Waals surface area contributed by atoms with E-state index in [0.717, 1.165) is 34.7 Å². The number of ether oxygens (including phenoxy) is 2. The SMILES string of the molecule is Cc1cc(C)cc(Oc2ccc(NC(=O)[C@@H]3CC[C@H](CN)O3)cc2)c1.